The molecule has 0 unspecified atom stereocenters. The summed E-state index contributed by atoms with van der Waals surface area (Å²) < 4.78 is 0. The van der Waals surface area contributed by atoms with E-state index < -0.39 is 0 Å². The van der Waals surface area contributed by atoms with Crippen molar-refractivity contribution < 1.29 is 0 Å². The van der Waals surface area contributed by atoms with Gasteiger partial charge in [0.1, 0.15) is 0 Å². The van der Waals surface area contributed by atoms with Crippen molar-refractivity contribution in [1.82, 2.24) is 5.32 Å². The molecule has 1 heterocycles. The minimum absolute atomic E-state index is 0.899. The van der Waals surface area contributed by atoms with Gasteiger partial charge in [0, 0.05) is 0 Å². The van der Waals surface area contributed by atoms with Gasteiger partial charge in [0.05, 0.1) is 0 Å². The largest absolute Gasteiger partial charge is 0.316 e. The van der Waals surface area contributed by atoms with Gasteiger partial charge in [-0.2, -0.15) is 0 Å². The molecular weight excluding hydrogens is 110 g/mol. The first-order chi connectivity index (χ1) is 4.39. The van der Waals surface area contributed by atoms with Crippen LogP contribution in [0.2, 0.25) is 0 Å². The fourth-order valence-electron chi connectivity index (χ4n) is 2.77. The average molecular weight is 123 g/mol. The zero-order valence-electron chi connectivity index (χ0n) is 5.69. The van der Waals surface area contributed by atoms with E-state index in [-0.39, 0.29) is 0 Å². The van der Waals surface area contributed by atoms with Crippen molar-refractivity contribution in [2.75, 3.05) is 13.1 Å². The lowest BCUT2D eigenvalue weighted by molar-refractivity contribution is -0.163. The van der Waals surface area contributed by atoms with Crippen LogP contribution in [0.4, 0.5) is 0 Å². The van der Waals surface area contributed by atoms with Crippen molar-refractivity contribution in [2.24, 2.45) is 17.3 Å². The van der Waals surface area contributed by atoms with Crippen molar-refractivity contribution in [3.8, 4) is 0 Å². The van der Waals surface area contributed by atoms with Gasteiger partial charge in [0.15, 0.2) is 0 Å². The standard InChI is InChI=1S/C8H13N/c1-6-2-8(1,3-6)7-4-9-5-7/h6-7,9H,1-5H2. The Bertz CT molecular complexity index is 132. The quantitative estimate of drug-likeness (QED) is 0.548. The third-order valence-corrected chi connectivity index (χ3v) is 3.73. The molecule has 3 saturated carbocycles. The Hall–Kier alpha value is -0.0400. The van der Waals surface area contributed by atoms with Crippen LogP contribution in [0.25, 0.3) is 0 Å². The maximum Gasteiger partial charge on any atom is -0.000291 e. The molecule has 4 aliphatic rings. The Morgan fingerprint density at radius 2 is 1.78 bits per heavy atom. The SMILES string of the molecule is C1NCC1C12CC(C1)C2. The Kier molecular flexibility index (Phi) is 0.628. The zero-order valence-corrected chi connectivity index (χ0v) is 5.69. The fourth-order valence-corrected chi connectivity index (χ4v) is 2.77. The minimum atomic E-state index is 0.899. The molecular formula is C8H13N. The van der Waals surface area contributed by atoms with Gasteiger partial charge in [0.25, 0.3) is 0 Å². The summed E-state index contributed by atoms with van der Waals surface area (Å²) in [6.07, 6.45) is 4.75. The van der Waals surface area contributed by atoms with E-state index in [4.69, 9.17) is 0 Å². The second-order valence-corrected chi connectivity index (χ2v) is 4.20. The highest BCUT2D eigenvalue weighted by molar-refractivity contribution is 5.12. The highest BCUT2D eigenvalue weighted by Crippen LogP contribution is 2.68. The maximum absolute atomic E-state index is 3.36. The number of nitrogens with one attached hydrogen (secondary N) is 1. The average Bonchev–Trinajstić information content (AvgIpc) is 1.42. The maximum atomic E-state index is 3.36. The van der Waals surface area contributed by atoms with Crippen LogP contribution in [-0.2, 0) is 0 Å². The van der Waals surface area contributed by atoms with E-state index in [0.717, 1.165) is 11.3 Å². The summed E-state index contributed by atoms with van der Waals surface area (Å²) in [7, 11) is 0. The zero-order chi connectivity index (χ0) is 5.90. The molecule has 1 N–H and O–H groups in total. The van der Waals surface area contributed by atoms with Crippen molar-refractivity contribution in [1.29, 1.82) is 0 Å². The van der Waals surface area contributed by atoms with Crippen LogP contribution in [-0.4, -0.2) is 13.1 Å². The van der Waals surface area contributed by atoms with E-state index in [0.29, 0.717) is 0 Å². The van der Waals surface area contributed by atoms with Gasteiger partial charge in [-0.1, -0.05) is 0 Å². The third kappa shape index (κ3) is 0.389. The van der Waals surface area contributed by atoms with E-state index in [1.807, 2.05) is 0 Å². The van der Waals surface area contributed by atoms with Crippen LogP contribution in [0.3, 0.4) is 0 Å². The van der Waals surface area contributed by atoms with Crippen LogP contribution in [0.15, 0.2) is 0 Å². The smallest absolute Gasteiger partial charge is 0.000291 e. The van der Waals surface area contributed by atoms with Crippen LogP contribution < -0.4 is 5.32 Å². The van der Waals surface area contributed by atoms with Gasteiger partial charge in [-0.05, 0) is 49.6 Å². The Morgan fingerprint density at radius 3 is 1.89 bits per heavy atom. The topological polar surface area (TPSA) is 12.0 Å². The molecule has 2 bridgehead atoms. The van der Waals surface area contributed by atoms with E-state index in [9.17, 15) is 0 Å². The number of hydrogen-bond donors (Lipinski definition) is 1. The van der Waals surface area contributed by atoms with Crippen molar-refractivity contribution in [3.63, 3.8) is 0 Å². The lowest BCUT2D eigenvalue weighted by Crippen LogP contribution is -2.64. The lowest BCUT2D eigenvalue weighted by Gasteiger charge is -2.67. The molecule has 9 heavy (non-hydrogen) atoms. The first-order valence-corrected chi connectivity index (χ1v) is 4.10. The molecule has 1 heteroatoms. The van der Waals surface area contributed by atoms with Gasteiger partial charge in [-0.25, -0.2) is 0 Å². The van der Waals surface area contributed by atoms with Gasteiger partial charge < -0.3 is 5.32 Å². The fraction of sp³-hybridized carbons (Fsp3) is 1.00. The summed E-state index contributed by atoms with van der Waals surface area (Å²) in [6.45, 7) is 2.65. The highest BCUT2D eigenvalue weighted by atomic mass is 15.0. The normalized spacial score (nSPS) is 55.3. The van der Waals surface area contributed by atoms with Gasteiger partial charge in [0.2, 0.25) is 0 Å². The minimum Gasteiger partial charge on any atom is -0.316 e. The summed E-state index contributed by atoms with van der Waals surface area (Å²) in [4.78, 5) is 0. The number of rotatable bonds is 1. The molecule has 0 amide bonds. The van der Waals surface area contributed by atoms with Gasteiger partial charge in [-0.3, -0.25) is 0 Å². The molecule has 0 radical (unpaired) electrons. The third-order valence-electron chi connectivity index (χ3n) is 3.73. The lowest BCUT2D eigenvalue weighted by atomic mass is 9.39. The van der Waals surface area contributed by atoms with E-state index in [1.54, 1.807) is 19.3 Å². The predicted molar refractivity (Wildman–Crippen MR) is 36.1 cm³/mol. The molecule has 4 fully saturated rings. The molecule has 0 aromatic rings. The monoisotopic (exact) mass is 123 g/mol. The Balaban J connectivity index is 1.76. The van der Waals surface area contributed by atoms with E-state index in [2.05, 4.69) is 5.32 Å². The summed E-state index contributed by atoms with van der Waals surface area (Å²) in [5.41, 5.74) is 0.899. The highest BCUT2D eigenvalue weighted by Gasteiger charge is 2.61. The van der Waals surface area contributed by atoms with Crippen LogP contribution in [0.5, 0.6) is 0 Å². The molecule has 0 atom stereocenters. The van der Waals surface area contributed by atoms with Gasteiger partial charge in [-0.15, -0.1) is 0 Å². The molecule has 3 aliphatic carbocycles. The molecule has 1 nitrogen and oxygen atoms in total. The molecule has 1 aliphatic heterocycles. The molecule has 0 aromatic carbocycles. The van der Waals surface area contributed by atoms with E-state index in [1.165, 1.54) is 19.0 Å². The van der Waals surface area contributed by atoms with E-state index >= 15 is 0 Å². The predicted octanol–water partition coefficient (Wildman–Crippen LogP) is 1.01. The van der Waals surface area contributed by atoms with Crippen molar-refractivity contribution in [2.45, 2.75) is 19.3 Å². The van der Waals surface area contributed by atoms with Crippen LogP contribution in [0, 0.1) is 17.3 Å². The first kappa shape index (κ1) is 4.73. The Morgan fingerprint density at radius 1 is 1.11 bits per heavy atom. The summed E-state index contributed by atoms with van der Waals surface area (Å²) in [5, 5.41) is 3.36. The molecule has 4 rings (SSSR count). The van der Waals surface area contributed by atoms with Crippen molar-refractivity contribution in [3.05, 3.63) is 0 Å². The second-order valence-electron chi connectivity index (χ2n) is 4.20. The van der Waals surface area contributed by atoms with Crippen LogP contribution >= 0.6 is 0 Å². The number of hydrogen-bond acceptors (Lipinski definition) is 1. The molecule has 0 spiro atoms. The summed E-state index contributed by atoms with van der Waals surface area (Å²) >= 11 is 0. The summed E-state index contributed by atoms with van der Waals surface area (Å²) in [5.74, 6) is 2.26. The van der Waals surface area contributed by atoms with Gasteiger partial charge >= 0.3 is 0 Å². The second kappa shape index (κ2) is 1.20. The molecule has 50 valence electrons. The van der Waals surface area contributed by atoms with Crippen molar-refractivity contribution >= 4 is 0 Å². The first-order valence-electron chi connectivity index (χ1n) is 4.10. The Labute approximate surface area is 55.8 Å². The summed E-state index contributed by atoms with van der Waals surface area (Å²) in [6, 6.07) is 0. The van der Waals surface area contributed by atoms with Crippen LogP contribution in [0.1, 0.15) is 19.3 Å². The molecule has 0 aromatic heterocycles. The molecule has 1 saturated heterocycles.